The second kappa shape index (κ2) is 9.40. The minimum atomic E-state index is -0.323. The summed E-state index contributed by atoms with van der Waals surface area (Å²) in [6.45, 7) is 4.18. The van der Waals surface area contributed by atoms with Crippen LogP contribution in [-0.2, 0) is 16.0 Å². The summed E-state index contributed by atoms with van der Waals surface area (Å²) in [7, 11) is 3.51. The molecule has 29 heavy (non-hydrogen) atoms. The van der Waals surface area contributed by atoms with E-state index in [-0.39, 0.29) is 12.0 Å². The topological polar surface area (TPSA) is 93.2 Å². The predicted octanol–water partition coefficient (Wildman–Crippen LogP) is 3.19. The van der Waals surface area contributed by atoms with Crippen molar-refractivity contribution in [3.05, 3.63) is 64.7 Å². The quantitative estimate of drug-likeness (QED) is 0.462. The van der Waals surface area contributed by atoms with E-state index in [9.17, 15) is 4.79 Å². The van der Waals surface area contributed by atoms with Gasteiger partial charge >= 0.3 is 5.97 Å². The third-order valence-electron chi connectivity index (χ3n) is 4.93. The number of nitrogens with zero attached hydrogens (tertiary/aromatic N) is 4. The van der Waals surface area contributed by atoms with Gasteiger partial charge in [-0.05, 0) is 54.3 Å². The molecule has 0 aliphatic rings. The van der Waals surface area contributed by atoms with Crippen molar-refractivity contribution >= 4 is 5.97 Å². The molecule has 1 atom stereocenters. The van der Waals surface area contributed by atoms with Crippen LogP contribution in [0.3, 0.4) is 0 Å². The van der Waals surface area contributed by atoms with Crippen LogP contribution < -0.4 is 0 Å². The van der Waals surface area contributed by atoms with E-state index >= 15 is 0 Å². The zero-order chi connectivity index (χ0) is 20.8. The zero-order valence-corrected chi connectivity index (χ0v) is 17.0. The van der Waals surface area contributed by atoms with Gasteiger partial charge in [-0.3, -0.25) is 0 Å². The number of aromatic amines is 1. The molecule has 0 amide bonds. The predicted molar refractivity (Wildman–Crippen MR) is 108 cm³/mol. The molecule has 0 spiro atoms. The number of tetrazole rings is 1. The first-order chi connectivity index (χ1) is 14.0. The monoisotopic (exact) mass is 395 g/mol. The van der Waals surface area contributed by atoms with Gasteiger partial charge < -0.3 is 9.57 Å². The van der Waals surface area contributed by atoms with Crippen molar-refractivity contribution in [2.45, 2.75) is 26.3 Å². The molecular weight excluding hydrogens is 370 g/mol. The molecule has 0 saturated heterocycles. The van der Waals surface area contributed by atoms with E-state index in [0.717, 1.165) is 22.3 Å². The van der Waals surface area contributed by atoms with Crippen LogP contribution in [0.4, 0.5) is 0 Å². The highest BCUT2D eigenvalue weighted by atomic mass is 16.7. The first kappa shape index (κ1) is 20.6. The highest BCUT2D eigenvalue weighted by Gasteiger charge is 2.18. The Morgan fingerprint density at radius 1 is 1.21 bits per heavy atom. The van der Waals surface area contributed by atoms with Gasteiger partial charge in [-0.1, -0.05) is 30.3 Å². The second-order valence-corrected chi connectivity index (χ2v) is 6.61. The number of carbonyl (C=O) groups excluding carboxylic acids is 1. The van der Waals surface area contributed by atoms with Crippen molar-refractivity contribution < 1.29 is 14.4 Å². The van der Waals surface area contributed by atoms with Crippen molar-refractivity contribution in [2.75, 3.05) is 20.8 Å². The Morgan fingerprint density at radius 3 is 2.69 bits per heavy atom. The number of hydrogen-bond acceptors (Lipinski definition) is 7. The number of ether oxygens (including phenoxy) is 1. The molecule has 0 aliphatic heterocycles. The molecule has 0 aliphatic carbocycles. The van der Waals surface area contributed by atoms with E-state index in [1.165, 1.54) is 0 Å². The highest BCUT2D eigenvalue weighted by molar-refractivity contribution is 5.91. The van der Waals surface area contributed by atoms with Gasteiger partial charge in [0.2, 0.25) is 5.82 Å². The van der Waals surface area contributed by atoms with Crippen LogP contribution in [0.5, 0.6) is 0 Å². The summed E-state index contributed by atoms with van der Waals surface area (Å²) in [6, 6.07) is 13.6. The number of benzene rings is 2. The first-order valence-corrected chi connectivity index (χ1v) is 9.43. The standard InChI is InChI=1S/C21H25N5O3/c1-5-29-21(27)18-9-7-6-8-16(18)12-17-11-10-15(14(2)26(3)28-4)13-19(17)20-22-24-25-23-20/h6-11,13-14H,5,12H2,1-4H3,(H,22,23,24,25). The Labute approximate surface area is 169 Å². The van der Waals surface area contributed by atoms with Gasteiger partial charge in [-0.25, -0.2) is 4.79 Å². The zero-order valence-electron chi connectivity index (χ0n) is 17.0. The largest absolute Gasteiger partial charge is 0.462 e. The van der Waals surface area contributed by atoms with Gasteiger partial charge in [0.25, 0.3) is 0 Å². The lowest BCUT2D eigenvalue weighted by Gasteiger charge is -2.23. The molecule has 1 N–H and O–H groups in total. The van der Waals surface area contributed by atoms with E-state index in [0.29, 0.717) is 24.4 Å². The molecule has 1 heterocycles. The van der Waals surface area contributed by atoms with Crippen LogP contribution in [0.25, 0.3) is 11.4 Å². The summed E-state index contributed by atoms with van der Waals surface area (Å²) in [5.41, 5.74) is 4.33. The van der Waals surface area contributed by atoms with Crippen LogP contribution in [0.2, 0.25) is 0 Å². The van der Waals surface area contributed by atoms with E-state index in [4.69, 9.17) is 9.57 Å². The number of H-pyrrole nitrogens is 1. The van der Waals surface area contributed by atoms with Gasteiger partial charge in [0.1, 0.15) is 0 Å². The summed E-state index contributed by atoms with van der Waals surface area (Å²) in [5, 5.41) is 16.3. The molecule has 0 bridgehead atoms. The minimum Gasteiger partial charge on any atom is -0.462 e. The number of hydroxylamine groups is 2. The second-order valence-electron chi connectivity index (χ2n) is 6.61. The maximum atomic E-state index is 12.3. The molecule has 1 aromatic heterocycles. The van der Waals surface area contributed by atoms with Crippen molar-refractivity contribution in [1.82, 2.24) is 25.7 Å². The number of nitrogens with one attached hydrogen (secondary N) is 1. The molecule has 3 aromatic rings. The summed E-state index contributed by atoms with van der Waals surface area (Å²) < 4.78 is 5.20. The fraction of sp³-hybridized carbons (Fsp3) is 0.333. The Hall–Kier alpha value is -3.10. The van der Waals surface area contributed by atoms with Crippen LogP contribution in [0.1, 0.15) is 46.9 Å². The van der Waals surface area contributed by atoms with Gasteiger partial charge in [0.15, 0.2) is 0 Å². The molecule has 152 valence electrons. The number of rotatable bonds is 8. The van der Waals surface area contributed by atoms with Gasteiger partial charge in [0.05, 0.1) is 25.3 Å². The molecule has 0 radical (unpaired) electrons. The first-order valence-electron chi connectivity index (χ1n) is 9.43. The molecule has 8 nitrogen and oxygen atoms in total. The summed E-state index contributed by atoms with van der Waals surface area (Å²) >= 11 is 0. The van der Waals surface area contributed by atoms with Gasteiger partial charge in [0, 0.05) is 12.6 Å². The summed E-state index contributed by atoms with van der Waals surface area (Å²) in [5.74, 6) is 0.180. The lowest BCUT2D eigenvalue weighted by atomic mass is 9.93. The van der Waals surface area contributed by atoms with Crippen molar-refractivity contribution in [1.29, 1.82) is 0 Å². The fourth-order valence-electron chi connectivity index (χ4n) is 3.15. The fourth-order valence-corrected chi connectivity index (χ4v) is 3.15. The Bertz CT molecular complexity index is 959. The van der Waals surface area contributed by atoms with Crippen molar-refractivity contribution in [3.8, 4) is 11.4 Å². The van der Waals surface area contributed by atoms with Gasteiger partial charge in [-0.15, -0.1) is 10.2 Å². The van der Waals surface area contributed by atoms with E-state index in [2.05, 4.69) is 27.5 Å². The van der Waals surface area contributed by atoms with E-state index in [1.807, 2.05) is 43.4 Å². The molecule has 8 heteroatoms. The molecule has 1 unspecified atom stereocenters. The van der Waals surface area contributed by atoms with Gasteiger partial charge in [-0.2, -0.15) is 10.3 Å². The molecule has 2 aromatic carbocycles. The lowest BCUT2D eigenvalue weighted by molar-refractivity contribution is -0.137. The minimum absolute atomic E-state index is 0.0338. The smallest absolute Gasteiger partial charge is 0.338 e. The Kier molecular flexibility index (Phi) is 6.69. The number of carbonyl (C=O) groups is 1. The number of esters is 1. The van der Waals surface area contributed by atoms with Crippen LogP contribution >= 0.6 is 0 Å². The molecular formula is C21H25N5O3. The van der Waals surface area contributed by atoms with Crippen molar-refractivity contribution in [2.24, 2.45) is 0 Å². The third-order valence-corrected chi connectivity index (χ3v) is 4.93. The van der Waals surface area contributed by atoms with E-state index < -0.39 is 0 Å². The Morgan fingerprint density at radius 2 is 2.00 bits per heavy atom. The third kappa shape index (κ3) is 4.67. The normalized spacial score (nSPS) is 12.2. The number of aromatic nitrogens is 4. The van der Waals surface area contributed by atoms with Crippen LogP contribution in [0, 0.1) is 0 Å². The highest BCUT2D eigenvalue weighted by Crippen LogP contribution is 2.29. The summed E-state index contributed by atoms with van der Waals surface area (Å²) in [4.78, 5) is 17.7. The molecule has 0 fully saturated rings. The average Bonchev–Trinajstić information content (AvgIpc) is 3.28. The number of hydrogen-bond donors (Lipinski definition) is 1. The van der Waals surface area contributed by atoms with E-state index in [1.54, 1.807) is 25.2 Å². The average molecular weight is 395 g/mol. The lowest BCUT2D eigenvalue weighted by Crippen LogP contribution is -2.21. The summed E-state index contributed by atoms with van der Waals surface area (Å²) in [6.07, 6.45) is 0.535. The van der Waals surface area contributed by atoms with Crippen molar-refractivity contribution in [3.63, 3.8) is 0 Å². The molecule has 3 rings (SSSR count). The van der Waals surface area contributed by atoms with Crippen LogP contribution in [0.15, 0.2) is 42.5 Å². The maximum absolute atomic E-state index is 12.3. The van der Waals surface area contributed by atoms with Crippen LogP contribution in [-0.4, -0.2) is 52.4 Å². The molecule has 0 saturated carbocycles. The SMILES string of the molecule is CCOC(=O)c1ccccc1Cc1ccc(C(C)N(C)OC)cc1-c1nn[nH]n1. The Balaban J connectivity index is 2.01. The maximum Gasteiger partial charge on any atom is 0.338 e.